The third-order valence-electron chi connectivity index (χ3n) is 5.67. The molecule has 2 unspecified atom stereocenters. The summed E-state index contributed by atoms with van der Waals surface area (Å²) in [5.41, 5.74) is 2.92. The van der Waals surface area contributed by atoms with Gasteiger partial charge in [-0.3, -0.25) is 13.8 Å². The quantitative estimate of drug-likeness (QED) is 0.542. The van der Waals surface area contributed by atoms with Gasteiger partial charge in [0.25, 0.3) is 0 Å². The molecule has 1 N–H and O–H groups in total. The summed E-state index contributed by atoms with van der Waals surface area (Å²) in [7, 11) is 0. The van der Waals surface area contributed by atoms with Crippen LogP contribution in [0.15, 0.2) is 53.7 Å². The number of hydrogen-bond acceptors (Lipinski definition) is 5. The largest absolute Gasteiger partial charge is 0.471 e. The zero-order chi connectivity index (χ0) is 24.5. The summed E-state index contributed by atoms with van der Waals surface area (Å²) < 4.78 is 64.1. The van der Waals surface area contributed by atoms with Gasteiger partial charge >= 0.3 is 23.3 Å². The second-order valence-corrected chi connectivity index (χ2v) is 8.49. The highest BCUT2D eigenvalue weighted by Gasteiger charge is 2.43. The van der Waals surface area contributed by atoms with Crippen LogP contribution in [0.3, 0.4) is 0 Å². The molecule has 0 aromatic heterocycles. The van der Waals surface area contributed by atoms with Crippen LogP contribution in [-0.4, -0.2) is 39.6 Å². The lowest BCUT2D eigenvalue weighted by Gasteiger charge is -2.31. The number of ether oxygens (including phenoxy) is 1. The van der Waals surface area contributed by atoms with Crippen molar-refractivity contribution >= 4 is 28.6 Å². The van der Waals surface area contributed by atoms with Crippen LogP contribution in [0.5, 0.6) is 11.5 Å². The first-order valence-corrected chi connectivity index (χ1v) is 11.7. The molecule has 0 saturated carbocycles. The molecule has 0 spiro atoms. The molecule has 2 heterocycles. The molecule has 2 aliphatic rings. The second kappa shape index (κ2) is 9.49. The smallest absolute Gasteiger partial charge is 0.456 e. The molecule has 4 rings (SSSR count). The van der Waals surface area contributed by atoms with Crippen LogP contribution in [-0.2, 0) is 20.3 Å². The zero-order valence-corrected chi connectivity index (χ0v) is 19.2. The Morgan fingerprint density at radius 3 is 2.56 bits per heavy atom. The molecule has 0 bridgehead atoms. The van der Waals surface area contributed by atoms with E-state index < -0.39 is 29.4 Å². The van der Waals surface area contributed by atoms with Crippen molar-refractivity contribution < 1.29 is 31.2 Å². The summed E-state index contributed by atoms with van der Waals surface area (Å²) >= 11 is -1.74. The number of amides is 1. The van der Waals surface area contributed by atoms with Crippen LogP contribution in [0.4, 0.5) is 13.2 Å². The molecule has 0 radical (unpaired) electrons. The fourth-order valence-electron chi connectivity index (χ4n) is 4.04. The molecule has 2 atom stereocenters. The number of benzene rings is 2. The Bertz CT molecular complexity index is 1200. The van der Waals surface area contributed by atoms with Gasteiger partial charge in [-0.05, 0) is 48.7 Å². The van der Waals surface area contributed by atoms with Gasteiger partial charge in [-0.15, -0.1) is 0 Å². The standard InChI is InChI=1S/C23H22F3N3O4S/c1-3-15(29(4-2)22(30)23(24,25)26)10-12-16-17-7-5-6-8-19(17)32-20-13-14(9-11-18(16)20)21-27-33-34(31)28-21/h5-9,11-13,15H,3-4,10H2,1-2H3,(H,27,28)/b16-12-. The van der Waals surface area contributed by atoms with Crippen molar-refractivity contribution in [2.75, 3.05) is 6.54 Å². The summed E-state index contributed by atoms with van der Waals surface area (Å²) in [6.07, 6.45) is -2.47. The predicted octanol–water partition coefficient (Wildman–Crippen LogP) is 4.66. The van der Waals surface area contributed by atoms with Crippen LogP contribution in [0.25, 0.3) is 5.57 Å². The van der Waals surface area contributed by atoms with Crippen LogP contribution in [0, 0.1) is 0 Å². The highest BCUT2D eigenvalue weighted by Crippen LogP contribution is 2.44. The number of para-hydroxylation sites is 1. The molecule has 34 heavy (non-hydrogen) atoms. The topological polar surface area (TPSA) is 80.2 Å². The third kappa shape index (κ3) is 4.65. The maximum Gasteiger partial charge on any atom is 0.471 e. The summed E-state index contributed by atoms with van der Waals surface area (Å²) in [5.74, 6) is -0.436. The maximum atomic E-state index is 13.1. The number of nitrogens with zero attached hydrogens (tertiary/aromatic N) is 2. The van der Waals surface area contributed by atoms with Gasteiger partial charge in [0.15, 0.2) is 5.84 Å². The number of amidine groups is 1. The molecule has 0 aliphatic carbocycles. The third-order valence-corrected chi connectivity index (χ3v) is 6.24. The molecule has 2 aromatic carbocycles. The number of nitrogens with one attached hydrogen (secondary N) is 1. The highest BCUT2D eigenvalue weighted by atomic mass is 32.2. The number of hydrogen-bond donors (Lipinski definition) is 1. The minimum absolute atomic E-state index is 0.0434. The highest BCUT2D eigenvalue weighted by molar-refractivity contribution is 7.79. The first kappa shape index (κ1) is 23.8. The zero-order valence-electron chi connectivity index (χ0n) is 18.4. The van der Waals surface area contributed by atoms with Gasteiger partial charge in [-0.1, -0.05) is 37.3 Å². The maximum absolute atomic E-state index is 13.1. The first-order chi connectivity index (χ1) is 16.2. The predicted molar refractivity (Wildman–Crippen MR) is 121 cm³/mol. The van der Waals surface area contributed by atoms with Crippen molar-refractivity contribution in [3.63, 3.8) is 0 Å². The van der Waals surface area contributed by atoms with Crippen LogP contribution in [0.1, 0.15) is 43.4 Å². The Hall–Kier alpha value is -3.34. The molecule has 0 saturated heterocycles. The lowest BCUT2D eigenvalue weighted by atomic mass is 9.91. The molecule has 1 amide bonds. The molecule has 0 fully saturated rings. The van der Waals surface area contributed by atoms with E-state index in [4.69, 9.17) is 4.74 Å². The number of carbonyl (C=O) groups excluding carboxylic acids is 1. The van der Waals surface area contributed by atoms with Crippen molar-refractivity contribution in [1.29, 1.82) is 0 Å². The van der Waals surface area contributed by atoms with Crippen molar-refractivity contribution in [1.82, 2.24) is 9.62 Å². The monoisotopic (exact) mass is 493 g/mol. The van der Waals surface area contributed by atoms with E-state index >= 15 is 0 Å². The fraction of sp³-hybridized carbons (Fsp3) is 0.304. The number of oxime groups is 1. The summed E-state index contributed by atoms with van der Waals surface area (Å²) in [4.78, 5) is 12.8. The van der Waals surface area contributed by atoms with E-state index in [9.17, 15) is 22.2 Å². The minimum Gasteiger partial charge on any atom is -0.456 e. The number of rotatable bonds is 6. The van der Waals surface area contributed by atoms with E-state index in [0.717, 1.165) is 21.6 Å². The Morgan fingerprint density at radius 1 is 1.18 bits per heavy atom. The molecule has 180 valence electrons. The second-order valence-electron chi connectivity index (χ2n) is 7.66. The Labute approximate surface area is 197 Å². The van der Waals surface area contributed by atoms with Gasteiger partial charge in [-0.2, -0.15) is 17.4 Å². The molecule has 11 heteroatoms. The van der Waals surface area contributed by atoms with E-state index in [0.29, 0.717) is 29.3 Å². The Balaban J connectivity index is 1.70. The van der Waals surface area contributed by atoms with Gasteiger partial charge in [-0.25, -0.2) is 0 Å². The van der Waals surface area contributed by atoms with Gasteiger partial charge in [0.05, 0.1) is 0 Å². The van der Waals surface area contributed by atoms with Crippen molar-refractivity contribution in [3.8, 4) is 11.5 Å². The lowest BCUT2D eigenvalue weighted by Crippen LogP contribution is -2.46. The van der Waals surface area contributed by atoms with E-state index in [1.165, 1.54) is 6.92 Å². The number of carbonyl (C=O) groups is 1. The molecular weight excluding hydrogens is 471 g/mol. The van der Waals surface area contributed by atoms with E-state index in [1.54, 1.807) is 31.2 Å². The van der Waals surface area contributed by atoms with E-state index in [2.05, 4.69) is 14.2 Å². The normalized spacial score (nSPS) is 18.7. The van der Waals surface area contributed by atoms with Gasteiger partial charge in [0.1, 0.15) is 11.5 Å². The Morgan fingerprint density at radius 2 is 1.91 bits per heavy atom. The fourth-order valence-corrected chi connectivity index (χ4v) is 4.53. The van der Waals surface area contributed by atoms with Gasteiger partial charge < -0.3 is 9.64 Å². The average Bonchev–Trinajstić information content (AvgIpc) is 3.25. The summed E-state index contributed by atoms with van der Waals surface area (Å²) in [5, 5.41) is 3.74. The molecule has 2 aliphatic heterocycles. The van der Waals surface area contributed by atoms with Crippen molar-refractivity contribution in [3.05, 3.63) is 65.2 Å². The minimum atomic E-state index is -4.92. The average molecular weight is 494 g/mol. The Kier molecular flexibility index (Phi) is 6.65. The lowest BCUT2D eigenvalue weighted by molar-refractivity contribution is -0.187. The molecular formula is C23H22F3N3O4S. The van der Waals surface area contributed by atoms with Crippen molar-refractivity contribution in [2.45, 2.75) is 38.9 Å². The number of alkyl halides is 3. The molecule has 2 aromatic rings. The van der Waals surface area contributed by atoms with E-state index in [1.807, 2.05) is 24.3 Å². The van der Waals surface area contributed by atoms with Crippen LogP contribution >= 0.6 is 0 Å². The van der Waals surface area contributed by atoms with Crippen LogP contribution < -0.4 is 9.46 Å². The first-order valence-electron chi connectivity index (χ1n) is 10.7. The SMILES string of the molecule is CCC(C/C=C1/c2ccccc2Oc2cc(C3=NOS(=O)N3)ccc21)N(CC)C(=O)C(F)(F)F. The number of halogens is 3. The molecule has 7 nitrogen and oxygen atoms in total. The summed E-state index contributed by atoms with van der Waals surface area (Å²) in [6.45, 7) is 3.25. The van der Waals surface area contributed by atoms with Gasteiger partial charge in [0, 0.05) is 29.3 Å². The summed E-state index contributed by atoms with van der Waals surface area (Å²) in [6, 6.07) is 12.0. The van der Waals surface area contributed by atoms with Crippen LogP contribution in [0.2, 0.25) is 0 Å². The van der Waals surface area contributed by atoms with E-state index in [-0.39, 0.29) is 13.0 Å². The van der Waals surface area contributed by atoms with Crippen molar-refractivity contribution in [2.24, 2.45) is 5.16 Å². The number of fused-ring (bicyclic) bond motifs is 2. The van der Waals surface area contributed by atoms with Gasteiger partial charge in [0.2, 0.25) is 0 Å².